The number of benzene rings is 1. The molecule has 102 valence electrons. The fourth-order valence-electron chi connectivity index (χ4n) is 2.06. The molecule has 0 aromatic heterocycles. The van der Waals surface area contributed by atoms with Crippen LogP contribution in [0.1, 0.15) is 5.56 Å². The van der Waals surface area contributed by atoms with E-state index in [1.165, 1.54) is 5.56 Å². The van der Waals surface area contributed by atoms with E-state index in [9.17, 15) is 0 Å². The van der Waals surface area contributed by atoms with Crippen molar-refractivity contribution in [3.63, 3.8) is 0 Å². The van der Waals surface area contributed by atoms with Gasteiger partial charge in [-0.05, 0) is 13.1 Å². The second kappa shape index (κ2) is 6.83. The average Bonchev–Trinajstić information content (AvgIpc) is 2.26. The number of likely N-dealkylation sites (N-methyl/N-ethyl adjacent to an activating group) is 1. The van der Waals surface area contributed by atoms with E-state index in [2.05, 4.69) is 23.3 Å². The number of ether oxygens (including phenoxy) is 2. The summed E-state index contributed by atoms with van der Waals surface area (Å²) < 4.78 is 10.7. The lowest BCUT2D eigenvalue weighted by Gasteiger charge is -2.35. The molecule has 0 amide bonds. The third-order valence-electron chi connectivity index (χ3n) is 3.29. The van der Waals surface area contributed by atoms with Crippen molar-refractivity contribution in [1.29, 1.82) is 0 Å². The van der Waals surface area contributed by atoms with Crippen LogP contribution in [-0.4, -0.2) is 45.3 Å². The Balaban J connectivity index is 0.00000162. The third kappa shape index (κ3) is 3.07. The standard InChI is InChI=1S/C13H20N2O2.ClH/c1-15(11-7-14-8-11)9-10-5-4-6-12(16-2)13(10)17-3;/h4-6,11,14H,7-9H2,1-3H3;1H. The highest BCUT2D eigenvalue weighted by molar-refractivity contribution is 5.85. The number of nitrogens with zero attached hydrogens (tertiary/aromatic N) is 1. The van der Waals surface area contributed by atoms with Gasteiger partial charge in [0, 0.05) is 31.2 Å². The summed E-state index contributed by atoms with van der Waals surface area (Å²) in [5.41, 5.74) is 1.17. The minimum Gasteiger partial charge on any atom is -0.493 e. The lowest BCUT2D eigenvalue weighted by molar-refractivity contribution is 0.171. The summed E-state index contributed by atoms with van der Waals surface area (Å²) in [4.78, 5) is 2.34. The van der Waals surface area contributed by atoms with Crippen molar-refractivity contribution in [2.24, 2.45) is 0 Å². The van der Waals surface area contributed by atoms with E-state index in [-0.39, 0.29) is 12.4 Å². The van der Waals surface area contributed by atoms with Gasteiger partial charge >= 0.3 is 0 Å². The Morgan fingerprint density at radius 1 is 1.28 bits per heavy atom. The van der Waals surface area contributed by atoms with Crippen LogP contribution in [0.4, 0.5) is 0 Å². The first-order valence-corrected chi connectivity index (χ1v) is 5.87. The Labute approximate surface area is 115 Å². The van der Waals surface area contributed by atoms with Crippen molar-refractivity contribution in [3.05, 3.63) is 23.8 Å². The SMILES string of the molecule is COc1cccc(CN(C)C2CNC2)c1OC.Cl. The number of hydrogen-bond acceptors (Lipinski definition) is 4. The van der Waals surface area contributed by atoms with E-state index in [0.717, 1.165) is 31.1 Å². The van der Waals surface area contributed by atoms with Gasteiger partial charge in [0.25, 0.3) is 0 Å². The van der Waals surface area contributed by atoms with Crippen LogP contribution >= 0.6 is 12.4 Å². The van der Waals surface area contributed by atoms with Gasteiger partial charge in [-0.25, -0.2) is 0 Å². The van der Waals surface area contributed by atoms with Crippen LogP contribution in [0.2, 0.25) is 0 Å². The van der Waals surface area contributed by atoms with Gasteiger partial charge in [-0.3, -0.25) is 4.90 Å². The maximum atomic E-state index is 5.43. The second-order valence-corrected chi connectivity index (χ2v) is 4.38. The summed E-state index contributed by atoms with van der Waals surface area (Å²) in [6, 6.07) is 6.65. The molecule has 1 aromatic rings. The first-order chi connectivity index (χ1) is 8.26. The summed E-state index contributed by atoms with van der Waals surface area (Å²) in [7, 11) is 5.50. The van der Waals surface area contributed by atoms with Crippen molar-refractivity contribution in [2.75, 3.05) is 34.4 Å². The Morgan fingerprint density at radius 2 is 2.00 bits per heavy atom. The smallest absolute Gasteiger partial charge is 0.165 e. The number of rotatable bonds is 5. The van der Waals surface area contributed by atoms with Crippen molar-refractivity contribution >= 4 is 12.4 Å². The lowest BCUT2D eigenvalue weighted by Crippen LogP contribution is -2.55. The van der Waals surface area contributed by atoms with Crippen LogP contribution in [0.15, 0.2) is 18.2 Å². The molecule has 1 heterocycles. The molecule has 2 rings (SSSR count). The largest absolute Gasteiger partial charge is 0.493 e. The van der Waals surface area contributed by atoms with Crippen LogP contribution in [0.3, 0.4) is 0 Å². The second-order valence-electron chi connectivity index (χ2n) is 4.38. The van der Waals surface area contributed by atoms with Crippen molar-refractivity contribution < 1.29 is 9.47 Å². The quantitative estimate of drug-likeness (QED) is 0.881. The molecule has 0 spiro atoms. The predicted molar refractivity (Wildman–Crippen MR) is 74.9 cm³/mol. The molecule has 1 aliphatic rings. The third-order valence-corrected chi connectivity index (χ3v) is 3.29. The predicted octanol–water partition coefficient (Wildman–Crippen LogP) is 1.53. The van der Waals surface area contributed by atoms with Gasteiger partial charge in [-0.2, -0.15) is 0 Å². The van der Waals surface area contributed by atoms with E-state index in [1.54, 1.807) is 14.2 Å². The Morgan fingerprint density at radius 3 is 2.50 bits per heavy atom. The van der Waals surface area contributed by atoms with Crippen molar-refractivity contribution in [3.8, 4) is 11.5 Å². The van der Waals surface area contributed by atoms with Gasteiger partial charge in [-0.1, -0.05) is 12.1 Å². The maximum absolute atomic E-state index is 5.43. The number of hydrogen-bond donors (Lipinski definition) is 1. The Bertz CT molecular complexity index is 383. The first-order valence-electron chi connectivity index (χ1n) is 5.87. The molecule has 0 unspecified atom stereocenters. The normalized spacial score (nSPS) is 14.9. The highest BCUT2D eigenvalue weighted by Gasteiger charge is 2.22. The minimum absolute atomic E-state index is 0. The number of nitrogens with one attached hydrogen (secondary N) is 1. The molecule has 0 saturated carbocycles. The molecule has 1 fully saturated rings. The Kier molecular flexibility index (Phi) is 5.72. The minimum atomic E-state index is 0. The summed E-state index contributed by atoms with van der Waals surface area (Å²) in [6.07, 6.45) is 0. The highest BCUT2D eigenvalue weighted by Crippen LogP contribution is 2.31. The molecule has 5 heteroatoms. The number of para-hydroxylation sites is 1. The number of methoxy groups -OCH3 is 2. The summed E-state index contributed by atoms with van der Waals surface area (Å²) in [6.45, 7) is 3.03. The maximum Gasteiger partial charge on any atom is 0.165 e. The number of halogens is 1. The zero-order valence-electron chi connectivity index (χ0n) is 11.1. The van der Waals surface area contributed by atoms with E-state index in [0.29, 0.717) is 6.04 Å². The molecule has 1 aromatic carbocycles. The van der Waals surface area contributed by atoms with Crippen LogP contribution in [0.5, 0.6) is 11.5 Å². The molecule has 0 radical (unpaired) electrons. The molecule has 0 bridgehead atoms. The van der Waals surface area contributed by atoms with Crippen LogP contribution in [0.25, 0.3) is 0 Å². The molecule has 1 N–H and O–H groups in total. The van der Waals surface area contributed by atoms with Gasteiger partial charge < -0.3 is 14.8 Å². The van der Waals surface area contributed by atoms with Gasteiger partial charge in [0.05, 0.1) is 14.2 Å². The van der Waals surface area contributed by atoms with Crippen LogP contribution < -0.4 is 14.8 Å². The van der Waals surface area contributed by atoms with Gasteiger partial charge in [0.15, 0.2) is 11.5 Å². The summed E-state index contributed by atoms with van der Waals surface area (Å²) in [5, 5.41) is 3.28. The zero-order valence-corrected chi connectivity index (χ0v) is 11.9. The molecular formula is C13H21ClN2O2. The van der Waals surface area contributed by atoms with E-state index in [4.69, 9.17) is 9.47 Å². The topological polar surface area (TPSA) is 33.7 Å². The van der Waals surface area contributed by atoms with E-state index >= 15 is 0 Å². The molecule has 0 atom stereocenters. The highest BCUT2D eigenvalue weighted by atomic mass is 35.5. The monoisotopic (exact) mass is 272 g/mol. The molecule has 4 nitrogen and oxygen atoms in total. The van der Waals surface area contributed by atoms with Crippen molar-refractivity contribution in [2.45, 2.75) is 12.6 Å². The van der Waals surface area contributed by atoms with Crippen molar-refractivity contribution in [1.82, 2.24) is 10.2 Å². The van der Waals surface area contributed by atoms with E-state index in [1.807, 2.05) is 12.1 Å². The fourth-order valence-corrected chi connectivity index (χ4v) is 2.06. The van der Waals surface area contributed by atoms with Gasteiger partial charge in [0.2, 0.25) is 0 Å². The van der Waals surface area contributed by atoms with Gasteiger partial charge in [-0.15, -0.1) is 12.4 Å². The van der Waals surface area contributed by atoms with E-state index < -0.39 is 0 Å². The van der Waals surface area contributed by atoms with Crippen LogP contribution in [0, 0.1) is 0 Å². The zero-order chi connectivity index (χ0) is 12.3. The first kappa shape index (κ1) is 15.1. The fraction of sp³-hybridized carbons (Fsp3) is 0.538. The Hall–Kier alpha value is -0.970. The molecule has 1 aliphatic heterocycles. The average molecular weight is 273 g/mol. The molecule has 18 heavy (non-hydrogen) atoms. The van der Waals surface area contributed by atoms with Crippen LogP contribution in [-0.2, 0) is 6.54 Å². The van der Waals surface area contributed by atoms with Gasteiger partial charge in [0.1, 0.15) is 0 Å². The summed E-state index contributed by atoms with van der Waals surface area (Å²) in [5.74, 6) is 1.64. The molecule has 0 aliphatic carbocycles. The molecular weight excluding hydrogens is 252 g/mol. The molecule has 1 saturated heterocycles. The summed E-state index contributed by atoms with van der Waals surface area (Å²) >= 11 is 0. The lowest BCUT2D eigenvalue weighted by atomic mass is 10.1.